The Morgan fingerprint density at radius 3 is 2.19 bits per heavy atom. The SMILES string of the molecule is CCC1CNC1.CCN(CC)CCNC=O. The molecule has 0 radical (unpaired) electrons. The van der Waals surface area contributed by atoms with Crippen LogP contribution in [0.25, 0.3) is 0 Å². The third-order valence-corrected chi connectivity index (χ3v) is 2.99. The van der Waals surface area contributed by atoms with Gasteiger partial charge in [0, 0.05) is 13.1 Å². The van der Waals surface area contributed by atoms with E-state index in [1.165, 1.54) is 19.5 Å². The van der Waals surface area contributed by atoms with Crippen molar-refractivity contribution in [3.63, 3.8) is 0 Å². The van der Waals surface area contributed by atoms with Crippen molar-refractivity contribution in [1.82, 2.24) is 15.5 Å². The normalized spacial score (nSPS) is 15.0. The van der Waals surface area contributed by atoms with Crippen LogP contribution in [0.1, 0.15) is 27.2 Å². The highest BCUT2D eigenvalue weighted by atomic mass is 16.1. The summed E-state index contributed by atoms with van der Waals surface area (Å²) in [5.74, 6) is 1.00. The van der Waals surface area contributed by atoms with Crippen LogP contribution in [0.4, 0.5) is 0 Å². The maximum atomic E-state index is 9.83. The number of amides is 1. The molecule has 2 N–H and O–H groups in total. The van der Waals surface area contributed by atoms with Gasteiger partial charge in [0.15, 0.2) is 0 Å². The van der Waals surface area contributed by atoms with E-state index in [4.69, 9.17) is 0 Å². The van der Waals surface area contributed by atoms with Crippen molar-refractivity contribution in [3.8, 4) is 0 Å². The average Bonchev–Trinajstić information content (AvgIpc) is 2.24. The molecule has 1 heterocycles. The van der Waals surface area contributed by atoms with Crippen LogP contribution in [0.3, 0.4) is 0 Å². The van der Waals surface area contributed by atoms with Crippen LogP contribution >= 0.6 is 0 Å². The van der Waals surface area contributed by atoms with Gasteiger partial charge in [0.1, 0.15) is 0 Å². The molecular weight excluding hydrogens is 202 g/mol. The summed E-state index contributed by atoms with van der Waals surface area (Å²) in [4.78, 5) is 12.1. The molecule has 1 fully saturated rings. The van der Waals surface area contributed by atoms with Crippen molar-refractivity contribution in [2.24, 2.45) is 5.92 Å². The van der Waals surface area contributed by atoms with Crippen LogP contribution in [-0.4, -0.2) is 50.6 Å². The van der Waals surface area contributed by atoms with E-state index in [9.17, 15) is 4.79 Å². The van der Waals surface area contributed by atoms with E-state index in [1.807, 2.05) is 0 Å². The molecule has 1 amide bonds. The van der Waals surface area contributed by atoms with Crippen molar-refractivity contribution in [2.45, 2.75) is 27.2 Å². The Hall–Kier alpha value is -0.610. The highest BCUT2D eigenvalue weighted by Crippen LogP contribution is 2.05. The highest BCUT2D eigenvalue weighted by Gasteiger charge is 2.12. The summed E-state index contributed by atoms with van der Waals surface area (Å²) in [5.41, 5.74) is 0. The first-order chi connectivity index (χ1) is 7.78. The van der Waals surface area contributed by atoms with Crippen LogP contribution in [0.15, 0.2) is 0 Å². The van der Waals surface area contributed by atoms with Gasteiger partial charge in [-0.15, -0.1) is 0 Å². The lowest BCUT2D eigenvalue weighted by Crippen LogP contribution is -2.41. The van der Waals surface area contributed by atoms with Gasteiger partial charge in [-0.05, 0) is 32.1 Å². The average molecular weight is 229 g/mol. The minimum absolute atomic E-state index is 0.740. The predicted molar refractivity (Wildman–Crippen MR) is 68.5 cm³/mol. The van der Waals surface area contributed by atoms with Gasteiger partial charge >= 0.3 is 0 Å². The quantitative estimate of drug-likeness (QED) is 0.499. The van der Waals surface area contributed by atoms with Gasteiger partial charge in [-0.3, -0.25) is 4.79 Å². The first-order valence-electron chi connectivity index (χ1n) is 6.38. The van der Waals surface area contributed by atoms with Crippen molar-refractivity contribution < 1.29 is 4.79 Å². The monoisotopic (exact) mass is 229 g/mol. The second kappa shape index (κ2) is 10.9. The van der Waals surface area contributed by atoms with Gasteiger partial charge in [-0.2, -0.15) is 0 Å². The summed E-state index contributed by atoms with van der Waals surface area (Å²) in [5, 5.41) is 5.84. The number of hydrogen-bond acceptors (Lipinski definition) is 3. The Balaban J connectivity index is 0.000000315. The van der Waals surface area contributed by atoms with E-state index >= 15 is 0 Å². The molecule has 0 saturated carbocycles. The number of carbonyl (C=O) groups excluding carboxylic acids is 1. The van der Waals surface area contributed by atoms with E-state index in [1.54, 1.807) is 0 Å². The Morgan fingerprint density at radius 2 is 1.94 bits per heavy atom. The van der Waals surface area contributed by atoms with Gasteiger partial charge in [0.25, 0.3) is 0 Å². The topological polar surface area (TPSA) is 44.4 Å². The second-order valence-corrected chi connectivity index (χ2v) is 4.03. The molecule has 1 aliphatic heterocycles. The lowest BCUT2D eigenvalue weighted by Gasteiger charge is -2.25. The van der Waals surface area contributed by atoms with Crippen molar-refractivity contribution in [1.29, 1.82) is 0 Å². The lowest BCUT2D eigenvalue weighted by molar-refractivity contribution is -0.109. The zero-order valence-electron chi connectivity index (χ0n) is 11.0. The number of likely N-dealkylation sites (N-methyl/N-ethyl adjacent to an activating group) is 1. The maximum absolute atomic E-state index is 9.83. The van der Waals surface area contributed by atoms with Crippen LogP contribution in [0, 0.1) is 5.92 Å². The highest BCUT2D eigenvalue weighted by molar-refractivity contribution is 5.45. The van der Waals surface area contributed by atoms with E-state index in [-0.39, 0.29) is 0 Å². The van der Waals surface area contributed by atoms with Gasteiger partial charge in [0.2, 0.25) is 6.41 Å². The summed E-state index contributed by atoms with van der Waals surface area (Å²) in [6, 6.07) is 0. The van der Waals surface area contributed by atoms with E-state index in [2.05, 4.69) is 36.3 Å². The molecule has 96 valence electrons. The van der Waals surface area contributed by atoms with Crippen molar-refractivity contribution >= 4 is 6.41 Å². The number of nitrogens with one attached hydrogen (secondary N) is 2. The van der Waals surface area contributed by atoms with Gasteiger partial charge < -0.3 is 15.5 Å². The van der Waals surface area contributed by atoms with Crippen LogP contribution in [0.2, 0.25) is 0 Å². The fraction of sp³-hybridized carbons (Fsp3) is 0.917. The first kappa shape index (κ1) is 15.4. The Morgan fingerprint density at radius 1 is 1.31 bits per heavy atom. The zero-order valence-corrected chi connectivity index (χ0v) is 11.0. The molecule has 0 atom stereocenters. The summed E-state index contributed by atoms with van der Waals surface area (Å²) in [6.07, 6.45) is 2.09. The minimum atomic E-state index is 0.740. The molecule has 0 unspecified atom stereocenters. The molecule has 4 nitrogen and oxygen atoms in total. The molecule has 0 aromatic carbocycles. The molecule has 1 aliphatic rings. The maximum Gasteiger partial charge on any atom is 0.207 e. The summed E-state index contributed by atoms with van der Waals surface area (Å²) in [7, 11) is 0. The molecule has 4 heteroatoms. The van der Waals surface area contributed by atoms with Gasteiger partial charge in [0.05, 0.1) is 0 Å². The van der Waals surface area contributed by atoms with Crippen LogP contribution in [0.5, 0.6) is 0 Å². The van der Waals surface area contributed by atoms with Crippen LogP contribution < -0.4 is 10.6 Å². The van der Waals surface area contributed by atoms with Gasteiger partial charge in [-0.1, -0.05) is 27.2 Å². The molecule has 0 bridgehead atoms. The number of carbonyl (C=O) groups is 1. The Labute approximate surface area is 99.8 Å². The third-order valence-electron chi connectivity index (χ3n) is 2.99. The molecule has 16 heavy (non-hydrogen) atoms. The summed E-state index contributed by atoms with van der Waals surface area (Å²) in [6.45, 7) is 12.8. The Kier molecular flexibility index (Phi) is 10.5. The molecule has 0 aliphatic carbocycles. The molecule has 0 spiro atoms. The Bertz CT molecular complexity index is 154. The summed E-state index contributed by atoms with van der Waals surface area (Å²) >= 11 is 0. The van der Waals surface area contributed by atoms with Crippen molar-refractivity contribution in [3.05, 3.63) is 0 Å². The third kappa shape index (κ3) is 7.65. The standard InChI is InChI=1S/C7H16N2O.C5H11N/c1-3-9(4-2)6-5-8-7-10;1-2-5-3-6-4-5/h7H,3-6H2,1-2H3,(H,8,10);5-6H,2-4H2,1H3. The zero-order chi connectivity index (χ0) is 12.2. The molecular formula is C12H27N3O. The first-order valence-corrected chi connectivity index (χ1v) is 6.38. The van der Waals surface area contributed by atoms with Gasteiger partial charge in [-0.25, -0.2) is 0 Å². The van der Waals surface area contributed by atoms with Crippen molar-refractivity contribution in [2.75, 3.05) is 39.3 Å². The lowest BCUT2D eigenvalue weighted by atomic mass is 10.0. The molecule has 1 rings (SSSR count). The predicted octanol–water partition coefficient (Wildman–Crippen LogP) is 0.690. The number of hydrogen-bond donors (Lipinski definition) is 2. The smallest absolute Gasteiger partial charge is 0.207 e. The van der Waals surface area contributed by atoms with E-state index in [0.717, 1.165) is 38.5 Å². The number of nitrogens with zero attached hydrogens (tertiary/aromatic N) is 1. The fourth-order valence-corrected chi connectivity index (χ4v) is 1.46. The number of rotatable bonds is 7. The molecule has 0 aromatic rings. The molecule has 0 aromatic heterocycles. The fourth-order valence-electron chi connectivity index (χ4n) is 1.46. The largest absolute Gasteiger partial charge is 0.357 e. The van der Waals surface area contributed by atoms with Crippen LogP contribution in [-0.2, 0) is 4.79 Å². The minimum Gasteiger partial charge on any atom is -0.357 e. The summed E-state index contributed by atoms with van der Waals surface area (Å²) < 4.78 is 0. The van der Waals surface area contributed by atoms with E-state index in [0.29, 0.717) is 0 Å². The van der Waals surface area contributed by atoms with E-state index < -0.39 is 0 Å². The second-order valence-electron chi connectivity index (χ2n) is 4.03. The molecule has 1 saturated heterocycles.